The summed E-state index contributed by atoms with van der Waals surface area (Å²) in [7, 11) is -4.40. The molecule has 3 N–H and O–H groups in total. The first-order chi connectivity index (χ1) is 45.8. The van der Waals surface area contributed by atoms with Crippen LogP contribution in [0.5, 0.6) is 0 Å². The largest absolute Gasteiger partial charge is 0.472 e. The van der Waals surface area contributed by atoms with Gasteiger partial charge in [-0.3, -0.25) is 18.6 Å². The van der Waals surface area contributed by atoms with Crippen molar-refractivity contribution < 1.29 is 37.6 Å². The molecular weight excluding hydrogens is 1170 g/mol. The van der Waals surface area contributed by atoms with Crippen molar-refractivity contribution >= 4 is 19.8 Å². The number of unbranched alkanes of at least 4 members (excludes halogenated alkanes) is 55. The van der Waals surface area contributed by atoms with Gasteiger partial charge in [-0.15, -0.1) is 0 Å². The molecule has 0 radical (unpaired) electrons. The van der Waals surface area contributed by atoms with E-state index in [1.54, 1.807) is 0 Å². The van der Waals surface area contributed by atoms with Crippen molar-refractivity contribution in [1.82, 2.24) is 0 Å². The van der Waals surface area contributed by atoms with Crippen LogP contribution in [-0.2, 0) is 32.7 Å². The second-order valence-corrected chi connectivity index (χ2v) is 29.1. The minimum Gasteiger partial charge on any atom is -0.462 e. The summed E-state index contributed by atoms with van der Waals surface area (Å²) in [4.78, 5) is 35.5. The molecule has 0 aliphatic rings. The molecule has 0 aromatic rings. The van der Waals surface area contributed by atoms with Gasteiger partial charge in [-0.05, 0) is 83.5 Å². The number of rotatable bonds is 78. The van der Waals surface area contributed by atoms with Crippen molar-refractivity contribution in [2.45, 2.75) is 431 Å². The number of carbonyl (C=O) groups is 2. The van der Waals surface area contributed by atoms with E-state index in [2.05, 4.69) is 74.6 Å². The highest BCUT2D eigenvalue weighted by atomic mass is 31.2. The summed E-state index contributed by atoms with van der Waals surface area (Å²) in [5.74, 6) is -0.803. The Bertz CT molecular complexity index is 1710. The summed E-state index contributed by atoms with van der Waals surface area (Å²) in [5, 5.41) is 0. The first-order valence-electron chi connectivity index (χ1n) is 40.8. The topological polar surface area (TPSA) is 134 Å². The van der Waals surface area contributed by atoms with Crippen molar-refractivity contribution in [3.63, 3.8) is 0 Å². The van der Waals surface area contributed by atoms with Gasteiger partial charge in [0.25, 0.3) is 0 Å². The fourth-order valence-electron chi connectivity index (χ4n) is 12.3. The van der Waals surface area contributed by atoms with Crippen molar-refractivity contribution in [1.29, 1.82) is 0 Å². The maximum Gasteiger partial charge on any atom is 0.472 e. The van der Waals surface area contributed by atoms with E-state index in [-0.39, 0.29) is 38.6 Å². The molecule has 93 heavy (non-hydrogen) atoms. The average Bonchev–Trinajstić information content (AvgIpc) is 3.60. The van der Waals surface area contributed by atoms with Gasteiger partial charge in [0.2, 0.25) is 0 Å². The van der Waals surface area contributed by atoms with Crippen LogP contribution >= 0.6 is 7.82 Å². The van der Waals surface area contributed by atoms with E-state index in [1.807, 2.05) is 0 Å². The van der Waals surface area contributed by atoms with Crippen LogP contribution in [0.2, 0.25) is 0 Å². The Balaban J connectivity index is 3.75. The van der Waals surface area contributed by atoms with Gasteiger partial charge in [-0.1, -0.05) is 389 Å². The molecule has 0 rings (SSSR count). The zero-order valence-corrected chi connectivity index (χ0v) is 62.7. The van der Waals surface area contributed by atoms with E-state index >= 15 is 0 Å². The second-order valence-electron chi connectivity index (χ2n) is 27.6. The lowest BCUT2D eigenvalue weighted by Crippen LogP contribution is -2.29. The van der Waals surface area contributed by atoms with E-state index < -0.39 is 26.5 Å². The van der Waals surface area contributed by atoms with Crippen LogP contribution in [-0.4, -0.2) is 49.3 Å². The number of phosphoric acid groups is 1. The normalized spacial score (nSPS) is 13.1. The van der Waals surface area contributed by atoms with Crippen LogP contribution < -0.4 is 5.73 Å². The lowest BCUT2D eigenvalue weighted by molar-refractivity contribution is -0.161. The van der Waals surface area contributed by atoms with Gasteiger partial charge in [-0.25, -0.2) is 4.57 Å². The molecule has 2 unspecified atom stereocenters. The Labute approximate surface area is 578 Å². The molecule has 0 saturated heterocycles. The molecular formula is C83H156NO8P. The second kappa shape index (κ2) is 78.7. The zero-order chi connectivity index (χ0) is 67.2. The Hall–Kier alpha value is -2.29. The van der Waals surface area contributed by atoms with Gasteiger partial charge in [-0.2, -0.15) is 0 Å². The van der Waals surface area contributed by atoms with Crippen LogP contribution in [0.1, 0.15) is 425 Å². The van der Waals surface area contributed by atoms with Crippen LogP contribution in [0.4, 0.5) is 0 Å². The molecule has 0 aliphatic carbocycles. The quantitative estimate of drug-likeness (QED) is 0.0264. The number of hydrogen-bond acceptors (Lipinski definition) is 8. The molecule has 0 bridgehead atoms. The Morgan fingerprint density at radius 2 is 0.559 bits per heavy atom. The Kier molecular flexibility index (Phi) is 76.8. The summed E-state index contributed by atoms with van der Waals surface area (Å²) in [6.07, 6.45) is 104. The molecule has 0 aromatic heterocycles. The third kappa shape index (κ3) is 78.6. The lowest BCUT2D eigenvalue weighted by atomic mass is 10.0. The molecule has 0 aromatic carbocycles. The summed E-state index contributed by atoms with van der Waals surface area (Å²) in [5.41, 5.74) is 5.42. The number of ether oxygens (including phenoxy) is 2. The molecule has 0 fully saturated rings. The monoisotopic (exact) mass is 1330 g/mol. The molecule has 0 amide bonds. The highest BCUT2D eigenvalue weighted by molar-refractivity contribution is 7.47. The van der Waals surface area contributed by atoms with Crippen LogP contribution in [0.3, 0.4) is 0 Å². The predicted molar refractivity (Wildman–Crippen MR) is 404 cm³/mol. The Morgan fingerprint density at radius 3 is 0.828 bits per heavy atom. The minimum atomic E-state index is -4.40. The Morgan fingerprint density at radius 1 is 0.323 bits per heavy atom. The maximum atomic E-state index is 12.8. The van der Waals surface area contributed by atoms with Crippen molar-refractivity contribution in [2.24, 2.45) is 5.73 Å². The van der Waals surface area contributed by atoms with Crippen molar-refractivity contribution in [2.75, 3.05) is 26.4 Å². The number of phosphoric ester groups is 1. The third-order valence-electron chi connectivity index (χ3n) is 18.4. The van der Waals surface area contributed by atoms with E-state index in [9.17, 15) is 19.0 Å². The molecule has 0 spiro atoms. The number of allylic oxidation sites excluding steroid dienone is 10. The molecule has 0 heterocycles. The predicted octanol–water partition coefficient (Wildman–Crippen LogP) is 27.3. The molecule has 2 atom stereocenters. The van der Waals surface area contributed by atoms with Crippen LogP contribution in [0.15, 0.2) is 60.8 Å². The van der Waals surface area contributed by atoms with Gasteiger partial charge in [0.1, 0.15) is 6.61 Å². The van der Waals surface area contributed by atoms with Gasteiger partial charge in [0.15, 0.2) is 6.10 Å². The smallest absolute Gasteiger partial charge is 0.462 e. The molecule has 0 saturated carbocycles. The summed E-state index contributed by atoms with van der Waals surface area (Å²) >= 11 is 0. The van der Waals surface area contributed by atoms with E-state index in [0.717, 1.165) is 51.4 Å². The molecule has 546 valence electrons. The van der Waals surface area contributed by atoms with Gasteiger partial charge >= 0.3 is 19.8 Å². The van der Waals surface area contributed by atoms with Crippen LogP contribution in [0, 0.1) is 0 Å². The first kappa shape index (κ1) is 90.7. The average molecular weight is 1330 g/mol. The first-order valence-corrected chi connectivity index (χ1v) is 42.3. The fraction of sp³-hybridized carbons (Fsp3) is 0.855. The fourth-order valence-corrected chi connectivity index (χ4v) is 13.1. The summed E-state index contributed by atoms with van der Waals surface area (Å²) in [6, 6.07) is 0. The van der Waals surface area contributed by atoms with E-state index in [1.165, 1.54) is 340 Å². The zero-order valence-electron chi connectivity index (χ0n) is 61.8. The third-order valence-corrected chi connectivity index (χ3v) is 19.4. The standard InChI is InChI=1S/C83H156NO8P/c1-3-5-7-9-11-13-15-17-19-21-23-25-27-29-31-33-35-37-38-39-40-41-42-44-46-48-50-52-54-56-58-60-62-64-66-68-70-72-74-76-83(86)92-81(80-91-93(87,88)90-78-77-84)79-89-82(85)75-73-71-69-67-65-63-61-59-57-55-53-51-49-47-45-43-36-34-32-30-28-26-24-22-20-18-16-14-12-10-8-6-4-2/h15-18,21-24,27,29,81H,3-14,19-20,25-26,28,30-80,84H2,1-2H3,(H,87,88)/b17-15-,18-16-,23-21-,24-22-,29-27-. The van der Waals surface area contributed by atoms with Crippen LogP contribution in [0.25, 0.3) is 0 Å². The summed E-state index contributed by atoms with van der Waals surface area (Å²) < 4.78 is 33.3. The van der Waals surface area contributed by atoms with Crippen molar-refractivity contribution in [3.8, 4) is 0 Å². The number of hydrogen-bond donors (Lipinski definition) is 2. The number of carbonyl (C=O) groups excluding carboxylic acids is 2. The van der Waals surface area contributed by atoms with E-state index in [0.29, 0.717) is 6.42 Å². The number of esters is 2. The maximum absolute atomic E-state index is 12.8. The summed E-state index contributed by atoms with van der Waals surface area (Å²) in [6.45, 7) is 3.80. The van der Waals surface area contributed by atoms with Gasteiger partial charge < -0.3 is 20.1 Å². The molecule has 10 heteroatoms. The molecule has 0 aliphatic heterocycles. The minimum absolute atomic E-state index is 0.0555. The SMILES string of the molecule is CCCCCCC/C=C\C/C=C\C/C=C\CCCCCCCCCCCCCCCCCCCCCCCCCCC(=O)OC(COC(=O)CCCCCCCCCCCCCCCCCCCCCCC/C=C\C/C=C\CCCCCCC)COP(=O)(O)OCCN. The van der Waals surface area contributed by atoms with Gasteiger partial charge in [0, 0.05) is 19.4 Å². The molecule has 9 nitrogen and oxygen atoms in total. The van der Waals surface area contributed by atoms with E-state index in [4.69, 9.17) is 24.3 Å². The van der Waals surface area contributed by atoms with Gasteiger partial charge in [0.05, 0.1) is 13.2 Å². The lowest BCUT2D eigenvalue weighted by Gasteiger charge is -2.19. The van der Waals surface area contributed by atoms with Crippen molar-refractivity contribution in [3.05, 3.63) is 60.8 Å². The highest BCUT2D eigenvalue weighted by Crippen LogP contribution is 2.43. The number of nitrogens with two attached hydrogens (primary N) is 1. The highest BCUT2D eigenvalue weighted by Gasteiger charge is 2.26.